The van der Waals surface area contributed by atoms with Gasteiger partial charge in [-0.25, -0.2) is 8.42 Å². The zero-order chi connectivity index (χ0) is 19.2. The van der Waals surface area contributed by atoms with Crippen molar-refractivity contribution in [2.24, 2.45) is 0 Å². The molecule has 0 fully saturated rings. The predicted octanol–water partition coefficient (Wildman–Crippen LogP) is 3.65. The van der Waals surface area contributed by atoms with Crippen molar-refractivity contribution in [3.05, 3.63) is 70.1 Å². The van der Waals surface area contributed by atoms with Crippen LogP contribution in [-0.2, 0) is 22.1 Å². The van der Waals surface area contributed by atoms with Gasteiger partial charge in [-0.05, 0) is 47.9 Å². The molecule has 0 unspecified atom stereocenters. The number of sulfone groups is 1. The second-order valence-corrected chi connectivity index (χ2v) is 9.59. The summed E-state index contributed by atoms with van der Waals surface area (Å²) in [5.41, 5.74) is 3.01. The fourth-order valence-electron chi connectivity index (χ4n) is 3.17. The minimum absolute atomic E-state index is 0.0882. The van der Waals surface area contributed by atoms with Gasteiger partial charge in [0, 0.05) is 17.0 Å². The van der Waals surface area contributed by atoms with Crippen LogP contribution in [0.5, 0.6) is 5.75 Å². The lowest BCUT2D eigenvalue weighted by Crippen LogP contribution is -2.21. The fourth-order valence-corrected chi connectivity index (χ4v) is 6.12. The zero-order valence-electron chi connectivity index (χ0n) is 14.5. The van der Waals surface area contributed by atoms with Crippen molar-refractivity contribution >= 4 is 27.1 Å². The average Bonchev–Trinajstić information content (AvgIpc) is 3.03. The maximum atomic E-state index is 12.6. The summed E-state index contributed by atoms with van der Waals surface area (Å²) < 4.78 is 25.2. The second-order valence-electron chi connectivity index (χ2n) is 6.58. The van der Waals surface area contributed by atoms with Gasteiger partial charge in [-0.3, -0.25) is 4.79 Å². The maximum absolute atomic E-state index is 12.6. The first-order chi connectivity index (χ1) is 12.8. The molecule has 0 saturated carbocycles. The Morgan fingerprint density at radius 3 is 2.78 bits per heavy atom. The number of thiophene rings is 1. The summed E-state index contributed by atoms with van der Waals surface area (Å²) in [5, 5.41) is 12.3. The number of fused-ring (bicyclic) bond motifs is 3. The van der Waals surface area contributed by atoms with E-state index >= 15 is 0 Å². The number of aryl methyl sites for hydroxylation is 1. The highest BCUT2D eigenvalue weighted by Crippen LogP contribution is 2.43. The van der Waals surface area contributed by atoms with Gasteiger partial charge < -0.3 is 10.4 Å². The Kier molecular flexibility index (Phi) is 4.28. The molecule has 0 atom stereocenters. The van der Waals surface area contributed by atoms with Crippen LogP contribution in [0.4, 0.5) is 0 Å². The molecule has 2 N–H and O–H groups in total. The van der Waals surface area contributed by atoms with Crippen molar-refractivity contribution in [3.8, 4) is 16.2 Å². The maximum Gasteiger partial charge on any atom is 0.261 e. The molecular formula is C20H17NO4S2. The summed E-state index contributed by atoms with van der Waals surface area (Å²) in [6.07, 6.45) is 0. The van der Waals surface area contributed by atoms with Gasteiger partial charge in [-0.15, -0.1) is 11.3 Å². The molecule has 3 aromatic rings. The first-order valence-corrected chi connectivity index (χ1v) is 10.8. The number of carbonyl (C=O) groups excluding carboxylic acids is 1. The number of hydrogen-bond acceptors (Lipinski definition) is 5. The first kappa shape index (κ1) is 17.8. The van der Waals surface area contributed by atoms with Crippen LogP contribution in [0.3, 0.4) is 0 Å². The number of phenols is 1. The molecule has 0 bridgehead atoms. The summed E-state index contributed by atoms with van der Waals surface area (Å²) in [6.45, 7) is 2.14. The largest absolute Gasteiger partial charge is 0.508 e. The molecule has 2 aromatic carbocycles. The van der Waals surface area contributed by atoms with E-state index in [1.165, 1.54) is 11.3 Å². The zero-order valence-corrected chi connectivity index (χ0v) is 16.2. The third kappa shape index (κ3) is 3.36. The Bertz CT molecular complexity index is 1160. The van der Waals surface area contributed by atoms with E-state index in [9.17, 15) is 18.3 Å². The van der Waals surface area contributed by atoms with E-state index in [1.54, 1.807) is 30.3 Å². The number of hydrogen-bond donors (Lipinski definition) is 2. The third-order valence-electron chi connectivity index (χ3n) is 4.46. The molecule has 2 heterocycles. The number of rotatable bonds is 3. The van der Waals surface area contributed by atoms with Crippen LogP contribution in [0.1, 0.15) is 26.4 Å². The molecule has 1 aliphatic heterocycles. The topological polar surface area (TPSA) is 83.5 Å². The Morgan fingerprint density at radius 2 is 2.00 bits per heavy atom. The molecule has 7 heteroatoms. The standard InChI is InChI=1S/C20H17NO4S2/c1-12-5-6-16-18(7-12)27(24,25)11-14-9-17(26-19(14)16)20(23)21-10-13-3-2-4-15(22)8-13/h2-9,22H,10-11H2,1H3,(H,21,23). The van der Waals surface area contributed by atoms with Gasteiger partial charge in [0.2, 0.25) is 0 Å². The van der Waals surface area contributed by atoms with Crippen LogP contribution in [0.2, 0.25) is 0 Å². The van der Waals surface area contributed by atoms with Crippen molar-refractivity contribution in [1.29, 1.82) is 0 Å². The van der Waals surface area contributed by atoms with Crippen molar-refractivity contribution in [1.82, 2.24) is 5.32 Å². The van der Waals surface area contributed by atoms with Crippen LogP contribution < -0.4 is 5.32 Å². The van der Waals surface area contributed by atoms with Gasteiger partial charge in [0.1, 0.15) is 5.75 Å². The van der Waals surface area contributed by atoms with Gasteiger partial charge in [-0.2, -0.15) is 0 Å². The molecule has 0 radical (unpaired) electrons. The Hall–Kier alpha value is -2.64. The fraction of sp³-hybridized carbons (Fsp3) is 0.150. The number of phenolic OH excluding ortho intramolecular Hbond substituents is 1. The molecule has 5 nitrogen and oxygen atoms in total. The predicted molar refractivity (Wildman–Crippen MR) is 105 cm³/mol. The van der Waals surface area contributed by atoms with Crippen molar-refractivity contribution < 1.29 is 18.3 Å². The van der Waals surface area contributed by atoms with Crippen LogP contribution >= 0.6 is 11.3 Å². The first-order valence-electron chi connectivity index (χ1n) is 8.36. The lowest BCUT2D eigenvalue weighted by Gasteiger charge is -2.17. The normalized spacial score (nSPS) is 14.3. The van der Waals surface area contributed by atoms with Crippen molar-refractivity contribution in [3.63, 3.8) is 0 Å². The minimum Gasteiger partial charge on any atom is -0.508 e. The molecule has 1 amide bonds. The number of carbonyl (C=O) groups is 1. The highest BCUT2D eigenvalue weighted by atomic mass is 32.2. The van der Waals surface area contributed by atoms with Crippen LogP contribution in [0.25, 0.3) is 10.4 Å². The van der Waals surface area contributed by atoms with E-state index in [1.807, 2.05) is 25.1 Å². The van der Waals surface area contributed by atoms with E-state index in [4.69, 9.17) is 0 Å². The summed E-state index contributed by atoms with van der Waals surface area (Å²) >= 11 is 1.31. The summed E-state index contributed by atoms with van der Waals surface area (Å²) in [4.78, 5) is 14.2. The Labute approximate surface area is 161 Å². The summed E-state index contributed by atoms with van der Waals surface area (Å²) in [6, 6.07) is 13.7. The van der Waals surface area contributed by atoms with Gasteiger partial charge in [0.15, 0.2) is 9.84 Å². The van der Waals surface area contributed by atoms with Crippen LogP contribution in [-0.4, -0.2) is 19.4 Å². The van der Waals surface area contributed by atoms with Crippen molar-refractivity contribution in [2.45, 2.75) is 24.1 Å². The molecule has 138 valence electrons. The number of nitrogens with one attached hydrogen (secondary N) is 1. The second kappa shape index (κ2) is 6.51. The molecular weight excluding hydrogens is 382 g/mol. The number of aromatic hydroxyl groups is 1. The summed E-state index contributed by atoms with van der Waals surface area (Å²) in [5.74, 6) is -0.205. The molecule has 0 spiro atoms. The lowest BCUT2D eigenvalue weighted by molar-refractivity contribution is 0.0955. The van der Waals surface area contributed by atoms with Crippen LogP contribution in [0.15, 0.2) is 53.4 Å². The molecule has 4 rings (SSSR count). The molecule has 0 aliphatic carbocycles. The lowest BCUT2D eigenvalue weighted by atomic mass is 10.1. The SMILES string of the molecule is Cc1ccc2c(c1)S(=O)(=O)Cc1cc(C(=O)NCc3cccc(O)c3)sc1-2. The Morgan fingerprint density at radius 1 is 1.19 bits per heavy atom. The van der Waals surface area contributed by atoms with E-state index in [-0.39, 0.29) is 24.0 Å². The molecule has 27 heavy (non-hydrogen) atoms. The molecule has 0 saturated heterocycles. The highest BCUT2D eigenvalue weighted by Gasteiger charge is 2.30. The van der Waals surface area contributed by atoms with Crippen LogP contribution in [0, 0.1) is 6.92 Å². The van der Waals surface area contributed by atoms with E-state index in [2.05, 4.69) is 5.32 Å². The molecule has 1 aliphatic rings. The third-order valence-corrected chi connectivity index (χ3v) is 7.37. The summed E-state index contributed by atoms with van der Waals surface area (Å²) in [7, 11) is -3.40. The van der Waals surface area contributed by atoms with Gasteiger partial charge in [0.05, 0.1) is 15.5 Å². The molecule has 1 aromatic heterocycles. The average molecular weight is 399 g/mol. The number of benzene rings is 2. The smallest absolute Gasteiger partial charge is 0.261 e. The minimum atomic E-state index is -3.40. The van der Waals surface area contributed by atoms with E-state index in [0.29, 0.717) is 20.9 Å². The quantitative estimate of drug-likeness (QED) is 0.704. The van der Waals surface area contributed by atoms with Gasteiger partial charge in [0.25, 0.3) is 5.91 Å². The van der Waals surface area contributed by atoms with Gasteiger partial charge in [-0.1, -0.05) is 24.3 Å². The van der Waals surface area contributed by atoms with Crippen molar-refractivity contribution in [2.75, 3.05) is 0 Å². The van der Waals surface area contributed by atoms with Gasteiger partial charge >= 0.3 is 0 Å². The monoisotopic (exact) mass is 399 g/mol. The highest BCUT2D eigenvalue weighted by molar-refractivity contribution is 7.91. The van der Waals surface area contributed by atoms with E-state index < -0.39 is 9.84 Å². The van der Waals surface area contributed by atoms with E-state index in [0.717, 1.165) is 16.0 Å². The Balaban J connectivity index is 1.63. The number of amides is 1.